The van der Waals surface area contributed by atoms with Crippen molar-refractivity contribution in [2.45, 2.75) is 11.8 Å². The van der Waals surface area contributed by atoms with Crippen LogP contribution in [0.15, 0.2) is 91.8 Å². The molecular weight excluding hydrogens is 528 g/mol. The van der Waals surface area contributed by atoms with E-state index in [9.17, 15) is 9.90 Å². The van der Waals surface area contributed by atoms with Crippen molar-refractivity contribution in [3.8, 4) is 17.2 Å². The third-order valence-corrected chi connectivity index (χ3v) is 6.12. The van der Waals surface area contributed by atoms with E-state index in [-0.39, 0.29) is 16.0 Å². The van der Waals surface area contributed by atoms with Crippen LogP contribution in [0, 0.1) is 0 Å². The van der Waals surface area contributed by atoms with E-state index in [1.54, 1.807) is 42.5 Å². The van der Waals surface area contributed by atoms with Gasteiger partial charge in [-0.3, -0.25) is 0 Å². The summed E-state index contributed by atoms with van der Waals surface area (Å²) in [5.74, 6) is -0.168. The average Bonchev–Trinajstić information content (AvgIpc) is 3.28. The molecule has 1 aromatic heterocycles. The minimum absolute atomic E-state index is 0.0335. The summed E-state index contributed by atoms with van der Waals surface area (Å²) in [7, 11) is 0. The van der Waals surface area contributed by atoms with E-state index in [1.165, 1.54) is 6.08 Å². The fourth-order valence-electron chi connectivity index (χ4n) is 2.80. The van der Waals surface area contributed by atoms with Gasteiger partial charge >= 0.3 is 5.97 Å². The molecule has 0 aliphatic carbocycles. The van der Waals surface area contributed by atoms with Gasteiger partial charge in [0.05, 0.1) is 4.47 Å². The Hall–Kier alpha value is -3.07. The molecule has 0 aliphatic rings. The summed E-state index contributed by atoms with van der Waals surface area (Å²) in [4.78, 5) is 11.8. The van der Waals surface area contributed by atoms with Crippen molar-refractivity contribution in [2.75, 3.05) is 0 Å². The average molecular weight is 544 g/mol. The molecule has 166 valence electrons. The number of hydrogen-bond donors (Lipinski definition) is 1. The predicted octanol–water partition coefficient (Wildman–Crippen LogP) is 6.95. The number of aliphatic carboxylic acids is 1. The molecule has 0 amide bonds. The number of carboxylic acids is 1. The minimum atomic E-state index is -1.10. The number of halogens is 2. The molecule has 1 N–H and O–H groups in total. The third-order valence-electron chi connectivity index (χ3n) is 4.40. The maximum Gasteiger partial charge on any atom is 0.342 e. The molecule has 4 rings (SSSR count). The van der Waals surface area contributed by atoms with E-state index < -0.39 is 5.97 Å². The Kier molecular flexibility index (Phi) is 7.49. The van der Waals surface area contributed by atoms with Crippen LogP contribution in [-0.2, 0) is 11.4 Å². The number of rotatable bonds is 8. The van der Waals surface area contributed by atoms with Crippen LogP contribution in [0.5, 0.6) is 5.75 Å². The van der Waals surface area contributed by atoms with Gasteiger partial charge in [0.15, 0.2) is 0 Å². The molecule has 0 saturated heterocycles. The van der Waals surface area contributed by atoms with Crippen molar-refractivity contribution in [3.63, 3.8) is 0 Å². The second kappa shape index (κ2) is 10.7. The Bertz CT molecular complexity index is 1290. The highest BCUT2D eigenvalue weighted by Crippen LogP contribution is 2.32. The van der Waals surface area contributed by atoms with Crippen molar-refractivity contribution in [2.24, 2.45) is 0 Å². The molecule has 4 aromatic rings. The fourth-order valence-corrected chi connectivity index (χ4v) is 4.11. The number of hydrogen-bond acceptors (Lipinski definition) is 6. The largest absolute Gasteiger partial charge is 0.488 e. The Balaban J connectivity index is 1.48. The lowest BCUT2D eigenvalue weighted by molar-refractivity contribution is -0.131. The van der Waals surface area contributed by atoms with Crippen molar-refractivity contribution in [1.29, 1.82) is 0 Å². The smallest absolute Gasteiger partial charge is 0.342 e. The van der Waals surface area contributed by atoms with Gasteiger partial charge in [0.2, 0.25) is 5.89 Å². The number of thioether (sulfide) groups is 1. The first-order chi connectivity index (χ1) is 16.0. The zero-order valence-corrected chi connectivity index (χ0v) is 20.1. The number of carbonyl (C=O) groups is 1. The van der Waals surface area contributed by atoms with E-state index in [1.807, 2.05) is 30.3 Å². The molecular formula is C24H16BrClN2O4S. The zero-order valence-electron chi connectivity index (χ0n) is 16.9. The lowest BCUT2D eigenvalue weighted by Crippen LogP contribution is -1.98. The van der Waals surface area contributed by atoms with Gasteiger partial charge < -0.3 is 14.3 Å². The summed E-state index contributed by atoms with van der Waals surface area (Å²) in [6, 6.07) is 22.1. The molecule has 0 atom stereocenters. The fraction of sp³-hybridized carbons (Fsp3) is 0.0417. The van der Waals surface area contributed by atoms with Gasteiger partial charge in [-0.05, 0) is 81.3 Å². The minimum Gasteiger partial charge on any atom is -0.488 e. The Morgan fingerprint density at radius 1 is 1.09 bits per heavy atom. The number of ether oxygens (including phenoxy) is 1. The van der Waals surface area contributed by atoms with Gasteiger partial charge in [0.25, 0.3) is 5.22 Å². The van der Waals surface area contributed by atoms with Gasteiger partial charge in [0, 0.05) is 10.6 Å². The SMILES string of the molecule is O=C(O)/C(=C/c1ccc(OCc2ccccc2)c(Br)c1)Sc1nnc(-c2ccc(Cl)cc2)o1. The predicted molar refractivity (Wildman–Crippen MR) is 131 cm³/mol. The van der Waals surface area contributed by atoms with Crippen LogP contribution in [0.1, 0.15) is 11.1 Å². The van der Waals surface area contributed by atoms with Crippen molar-refractivity contribution in [3.05, 3.63) is 98.3 Å². The van der Waals surface area contributed by atoms with Gasteiger partial charge in [-0.2, -0.15) is 0 Å². The molecule has 0 bridgehead atoms. The summed E-state index contributed by atoms with van der Waals surface area (Å²) in [6.07, 6.45) is 1.53. The van der Waals surface area contributed by atoms with Crippen LogP contribution in [0.3, 0.4) is 0 Å². The first-order valence-corrected chi connectivity index (χ1v) is 11.7. The molecule has 6 nitrogen and oxygen atoms in total. The molecule has 0 unspecified atom stereocenters. The molecule has 0 aliphatic heterocycles. The molecule has 0 radical (unpaired) electrons. The number of nitrogens with zero attached hydrogens (tertiary/aromatic N) is 2. The van der Waals surface area contributed by atoms with Gasteiger partial charge in [0.1, 0.15) is 17.3 Å². The second-order valence-corrected chi connectivity index (χ2v) is 9.04. The maximum atomic E-state index is 11.8. The summed E-state index contributed by atoms with van der Waals surface area (Å²) >= 11 is 10.3. The van der Waals surface area contributed by atoms with Gasteiger partial charge in [-0.1, -0.05) is 48.0 Å². The Labute approximate surface area is 207 Å². The molecule has 3 aromatic carbocycles. The quantitative estimate of drug-likeness (QED) is 0.190. The van der Waals surface area contributed by atoms with Crippen molar-refractivity contribution < 1.29 is 19.1 Å². The molecule has 0 saturated carbocycles. The highest BCUT2D eigenvalue weighted by atomic mass is 79.9. The van der Waals surface area contributed by atoms with E-state index in [0.29, 0.717) is 33.0 Å². The lowest BCUT2D eigenvalue weighted by atomic mass is 10.2. The zero-order chi connectivity index (χ0) is 23.2. The van der Waals surface area contributed by atoms with Crippen LogP contribution in [0.25, 0.3) is 17.5 Å². The first kappa shape index (κ1) is 23.1. The monoisotopic (exact) mass is 542 g/mol. The summed E-state index contributed by atoms with van der Waals surface area (Å²) in [5.41, 5.74) is 2.42. The van der Waals surface area contributed by atoms with E-state index in [4.69, 9.17) is 20.8 Å². The molecule has 1 heterocycles. The second-order valence-electron chi connectivity index (χ2n) is 6.76. The van der Waals surface area contributed by atoms with E-state index in [0.717, 1.165) is 17.3 Å². The molecule has 0 fully saturated rings. The standard InChI is InChI=1S/C24H16BrClN2O4S/c25-19-12-16(6-11-20(19)31-14-15-4-2-1-3-5-15)13-21(23(29)30)33-24-28-27-22(32-24)17-7-9-18(26)10-8-17/h1-13H,14H2,(H,29,30)/b21-13-. The molecule has 0 spiro atoms. The van der Waals surface area contributed by atoms with Crippen LogP contribution >= 0.6 is 39.3 Å². The highest BCUT2D eigenvalue weighted by molar-refractivity contribution is 9.10. The number of aromatic nitrogens is 2. The van der Waals surface area contributed by atoms with E-state index >= 15 is 0 Å². The van der Waals surface area contributed by atoms with Crippen LogP contribution < -0.4 is 4.74 Å². The van der Waals surface area contributed by atoms with Crippen LogP contribution in [0.2, 0.25) is 5.02 Å². The van der Waals surface area contributed by atoms with Gasteiger partial charge in [-0.25, -0.2) is 4.79 Å². The highest BCUT2D eigenvalue weighted by Gasteiger charge is 2.16. The normalized spacial score (nSPS) is 11.4. The topological polar surface area (TPSA) is 85.5 Å². The number of carboxylic acid groups (broad SMARTS) is 1. The summed E-state index contributed by atoms with van der Waals surface area (Å²) in [5, 5.41) is 18.3. The maximum absolute atomic E-state index is 11.8. The Morgan fingerprint density at radius 3 is 2.55 bits per heavy atom. The summed E-state index contributed by atoms with van der Waals surface area (Å²) < 4.78 is 12.2. The van der Waals surface area contributed by atoms with Crippen LogP contribution in [-0.4, -0.2) is 21.3 Å². The molecule has 33 heavy (non-hydrogen) atoms. The Morgan fingerprint density at radius 2 is 1.85 bits per heavy atom. The van der Waals surface area contributed by atoms with E-state index in [2.05, 4.69) is 26.1 Å². The van der Waals surface area contributed by atoms with Crippen molar-refractivity contribution >= 4 is 51.3 Å². The summed E-state index contributed by atoms with van der Waals surface area (Å²) in [6.45, 7) is 0.429. The first-order valence-electron chi connectivity index (χ1n) is 9.66. The van der Waals surface area contributed by atoms with Crippen LogP contribution in [0.4, 0.5) is 0 Å². The lowest BCUT2D eigenvalue weighted by Gasteiger charge is -2.09. The van der Waals surface area contributed by atoms with Crippen molar-refractivity contribution in [1.82, 2.24) is 10.2 Å². The van der Waals surface area contributed by atoms with Gasteiger partial charge in [-0.15, -0.1) is 10.2 Å². The molecule has 9 heteroatoms. The number of benzene rings is 3. The third kappa shape index (κ3) is 6.25.